The van der Waals surface area contributed by atoms with Gasteiger partial charge in [0, 0.05) is 49.7 Å². The van der Waals surface area contributed by atoms with Crippen LogP contribution >= 0.6 is 0 Å². The zero-order chi connectivity index (χ0) is 20.8. The van der Waals surface area contributed by atoms with E-state index < -0.39 is 0 Å². The van der Waals surface area contributed by atoms with Crippen molar-refractivity contribution in [2.45, 2.75) is 64.0 Å². The lowest BCUT2D eigenvalue weighted by atomic mass is 9.97. The number of pyridine rings is 1. The molecule has 1 aliphatic heterocycles. The molecule has 0 atom stereocenters. The monoisotopic (exact) mass is 409 g/mol. The van der Waals surface area contributed by atoms with E-state index in [4.69, 9.17) is 0 Å². The van der Waals surface area contributed by atoms with Crippen molar-refractivity contribution in [2.75, 3.05) is 13.1 Å². The van der Waals surface area contributed by atoms with E-state index in [9.17, 15) is 9.59 Å². The number of aromatic nitrogens is 3. The molecule has 3 heterocycles. The van der Waals surface area contributed by atoms with Crippen LogP contribution in [0, 0.1) is 5.92 Å². The van der Waals surface area contributed by atoms with E-state index in [1.54, 1.807) is 29.4 Å². The van der Waals surface area contributed by atoms with Gasteiger partial charge in [-0.3, -0.25) is 14.3 Å². The number of carbonyl (C=O) groups is 1. The molecular weight excluding hydrogens is 378 g/mol. The van der Waals surface area contributed by atoms with Gasteiger partial charge in [-0.2, -0.15) is 0 Å². The highest BCUT2D eigenvalue weighted by Crippen LogP contribution is 2.21. The Morgan fingerprint density at radius 3 is 2.40 bits per heavy atom. The third-order valence-electron chi connectivity index (χ3n) is 6.39. The third-order valence-corrected chi connectivity index (χ3v) is 6.39. The Morgan fingerprint density at radius 2 is 1.73 bits per heavy atom. The minimum atomic E-state index is -0.0367. The van der Waals surface area contributed by atoms with Crippen LogP contribution in [0.3, 0.4) is 0 Å². The number of rotatable bonds is 4. The Kier molecular flexibility index (Phi) is 6.77. The van der Waals surface area contributed by atoms with Gasteiger partial charge in [0.15, 0.2) is 0 Å². The van der Waals surface area contributed by atoms with E-state index in [0.717, 1.165) is 44.3 Å². The second-order valence-corrected chi connectivity index (χ2v) is 8.57. The lowest BCUT2D eigenvalue weighted by Crippen LogP contribution is -2.48. The van der Waals surface area contributed by atoms with E-state index in [2.05, 4.69) is 15.3 Å². The zero-order valence-corrected chi connectivity index (χ0v) is 17.5. The highest BCUT2D eigenvalue weighted by atomic mass is 16.2. The van der Waals surface area contributed by atoms with Crippen LogP contribution in [-0.4, -0.2) is 44.6 Å². The van der Waals surface area contributed by atoms with Crippen molar-refractivity contribution < 1.29 is 4.79 Å². The predicted octanol–water partition coefficient (Wildman–Crippen LogP) is 3.45. The smallest absolute Gasteiger partial charge is 0.317 e. The van der Waals surface area contributed by atoms with E-state index in [0.29, 0.717) is 24.2 Å². The van der Waals surface area contributed by atoms with Crippen molar-refractivity contribution >= 4 is 6.03 Å². The summed E-state index contributed by atoms with van der Waals surface area (Å²) in [5, 5.41) is 3.24. The van der Waals surface area contributed by atoms with E-state index in [-0.39, 0.29) is 11.6 Å². The molecule has 1 N–H and O–H groups in total. The van der Waals surface area contributed by atoms with Gasteiger partial charge in [-0.25, -0.2) is 9.78 Å². The molecule has 0 unspecified atom stereocenters. The molecule has 30 heavy (non-hydrogen) atoms. The number of carbonyl (C=O) groups excluding carboxylic acids is 1. The average molecular weight is 410 g/mol. The molecule has 7 nitrogen and oxygen atoms in total. The fourth-order valence-electron chi connectivity index (χ4n) is 4.53. The second kappa shape index (κ2) is 9.87. The van der Waals surface area contributed by atoms with Crippen LogP contribution < -0.4 is 10.9 Å². The first-order chi connectivity index (χ1) is 14.7. The van der Waals surface area contributed by atoms with Crippen molar-refractivity contribution in [1.82, 2.24) is 24.8 Å². The van der Waals surface area contributed by atoms with Gasteiger partial charge in [-0.05, 0) is 43.7 Å². The van der Waals surface area contributed by atoms with Crippen LogP contribution in [0.5, 0.6) is 0 Å². The van der Waals surface area contributed by atoms with Crippen LogP contribution in [0.25, 0.3) is 11.3 Å². The maximum atomic E-state index is 12.6. The molecule has 1 saturated heterocycles. The molecule has 2 aromatic rings. The van der Waals surface area contributed by atoms with Crippen molar-refractivity contribution in [3.63, 3.8) is 0 Å². The van der Waals surface area contributed by atoms with Gasteiger partial charge >= 0.3 is 6.03 Å². The van der Waals surface area contributed by atoms with Crippen LogP contribution in [0.1, 0.15) is 51.4 Å². The summed E-state index contributed by atoms with van der Waals surface area (Å²) in [6, 6.07) is 5.70. The number of nitrogens with one attached hydrogen (secondary N) is 1. The first-order valence-electron chi connectivity index (χ1n) is 11.2. The Bertz CT molecular complexity index is 882. The summed E-state index contributed by atoms with van der Waals surface area (Å²) in [7, 11) is 0. The van der Waals surface area contributed by atoms with Crippen LogP contribution in [-0.2, 0) is 6.54 Å². The zero-order valence-electron chi connectivity index (χ0n) is 17.5. The molecule has 2 aliphatic rings. The predicted molar refractivity (Wildman–Crippen MR) is 116 cm³/mol. The second-order valence-electron chi connectivity index (χ2n) is 8.57. The van der Waals surface area contributed by atoms with Gasteiger partial charge in [0.1, 0.15) is 0 Å². The molecule has 4 rings (SSSR count). The molecule has 2 aromatic heterocycles. The van der Waals surface area contributed by atoms with Crippen LogP contribution in [0.2, 0.25) is 0 Å². The molecule has 0 aromatic carbocycles. The number of piperidine rings is 1. The summed E-state index contributed by atoms with van der Waals surface area (Å²) >= 11 is 0. The van der Waals surface area contributed by atoms with Gasteiger partial charge < -0.3 is 10.2 Å². The number of hydrogen-bond donors (Lipinski definition) is 1. The molecule has 1 saturated carbocycles. The highest BCUT2D eigenvalue weighted by molar-refractivity contribution is 5.74. The van der Waals surface area contributed by atoms with Gasteiger partial charge in [0.25, 0.3) is 5.56 Å². The molecule has 160 valence electrons. The molecule has 2 amide bonds. The standard InChI is InChI=1S/C23H31N5O2/c29-22-15-21(19-7-11-24-12-8-19)25-17-28(22)16-18-9-13-27(14-10-18)23(30)26-20-5-3-1-2-4-6-20/h7-8,11-12,15,17-18,20H,1-6,9-10,13-14,16H2,(H,26,30). The van der Waals surface area contributed by atoms with Gasteiger partial charge in [0.05, 0.1) is 12.0 Å². The molecule has 2 fully saturated rings. The van der Waals surface area contributed by atoms with Crippen molar-refractivity contribution in [3.8, 4) is 11.3 Å². The summed E-state index contributed by atoms with van der Waals surface area (Å²) in [5.74, 6) is 0.387. The number of urea groups is 1. The van der Waals surface area contributed by atoms with Crippen molar-refractivity contribution in [3.05, 3.63) is 47.3 Å². The largest absolute Gasteiger partial charge is 0.335 e. The summed E-state index contributed by atoms with van der Waals surface area (Å²) in [5.41, 5.74) is 1.52. The fourth-order valence-corrected chi connectivity index (χ4v) is 4.53. The van der Waals surface area contributed by atoms with E-state index in [1.807, 2.05) is 17.0 Å². The summed E-state index contributed by atoms with van der Waals surface area (Å²) in [6.45, 7) is 2.15. The first kappa shape index (κ1) is 20.6. The Balaban J connectivity index is 1.28. The topological polar surface area (TPSA) is 80.1 Å². The van der Waals surface area contributed by atoms with Crippen LogP contribution in [0.4, 0.5) is 4.79 Å². The lowest BCUT2D eigenvalue weighted by Gasteiger charge is -2.33. The molecular formula is C23H31N5O2. The molecule has 0 spiro atoms. The Morgan fingerprint density at radius 1 is 1.03 bits per heavy atom. The molecule has 7 heteroatoms. The maximum absolute atomic E-state index is 12.6. The quantitative estimate of drug-likeness (QED) is 0.785. The normalized spacial score (nSPS) is 18.7. The van der Waals surface area contributed by atoms with Crippen molar-refractivity contribution in [2.24, 2.45) is 5.92 Å². The fraction of sp³-hybridized carbons (Fsp3) is 0.565. The Labute approximate surface area is 177 Å². The van der Waals surface area contributed by atoms with Gasteiger partial charge in [-0.1, -0.05) is 25.7 Å². The third kappa shape index (κ3) is 5.26. The maximum Gasteiger partial charge on any atom is 0.317 e. The average Bonchev–Trinajstić information content (AvgIpc) is 3.05. The Hall–Kier alpha value is -2.70. The van der Waals surface area contributed by atoms with E-state index in [1.165, 1.54) is 25.7 Å². The SMILES string of the molecule is O=C(NC1CCCCCC1)N1CCC(Cn2cnc(-c3ccncc3)cc2=O)CC1. The van der Waals surface area contributed by atoms with Gasteiger partial charge in [0.2, 0.25) is 0 Å². The summed E-state index contributed by atoms with van der Waals surface area (Å²) < 4.78 is 1.69. The molecule has 0 bridgehead atoms. The molecule has 0 radical (unpaired) electrons. The number of likely N-dealkylation sites (tertiary alicyclic amines) is 1. The minimum Gasteiger partial charge on any atom is -0.335 e. The number of amides is 2. The van der Waals surface area contributed by atoms with E-state index >= 15 is 0 Å². The van der Waals surface area contributed by atoms with Gasteiger partial charge in [-0.15, -0.1) is 0 Å². The summed E-state index contributed by atoms with van der Waals surface area (Å²) in [6.07, 6.45) is 14.1. The number of nitrogens with zero attached hydrogens (tertiary/aromatic N) is 4. The summed E-state index contributed by atoms with van der Waals surface area (Å²) in [4.78, 5) is 35.5. The minimum absolute atomic E-state index is 0.0367. The highest BCUT2D eigenvalue weighted by Gasteiger charge is 2.25. The van der Waals surface area contributed by atoms with Crippen molar-refractivity contribution in [1.29, 1.82) is 0 Å². The molecule has 1 aliphatic carbocycles. The lowest BCUT2D eigenvalue weighted by molar-refractivity contribution is 0.161. The van der Waals surface area contributed by atoms with Crippen LogP contribution in [0.15, 0.2) is 41.7 Å². The number of hydrogen-bond acceptors (Lipinski definition) is 4. The first-order valence-corrected chi connectivity index (χ1v) is 11.2.